The fourth-order valence-corrected chi connectivity index (χ4v) is 3.21. The molecule has 1 aromatic heterocycles. The fourth-order valence-electron chi connectivity index (χ4n) is 2.56. The number of non-ortho nitro benzene ring substituents is 1. The zero-order chi connectivity index (χ0) is 17.1. The topological polar surface area (TPSA) is 122 Å². The van der Waals surface area contributed by atoms with E-state index in [9.17, 15) is 14.9 Å². The van der Waals surface area contributed by atoms with E-state index < -0.39 is 4.92 Å². The van der Waals surface area contributed by atoms with Gasteiger partial charge >= 0.3 is 0 Å². The Morgan fingerprint density at radius 3 is 3.08 bits per heavy atom. The van der Waals surface area contributed by atoms with Crippen molar-refractivity contribution in [3.8, 4) is 0 Å². The van der Waals surface area contributed by atoms with Gasteiger partial charge in [0.05, 0.1) is 16.8 Å². The first-order valence-corrected chi connectivity index (χ1v) is 8.23. The first kappa shape index (κ1) is 16.4. The van der Waals surface area contributed by atoms with Crippen molar-refractivity contribution in [1.29, 1.82) is 0 Å². The minimum absolute atomic E-state index is 0.0464. The van der Waals surface area contributed by atoms with Crippen molar-refractivity contribution in [3.63, 3.8) is 0 Å². The quantitative estimate of drug-likeness (QED) is 0.550. The van der Waals surface area contributed by atoms with E-state index >= 15 is 0 Å². The molecule has 1 fully saturated rings. The Hall–Kier alpha value is -2.43. The van der Waals surface area contributed by atoms with Crippen LogP contribution >= 0.6 is 11.5 Å². The van der Waals surface area contributed by atoms with E-state index in [1.54, 1.807) is 6.07 Å². The van der Waals surface area contributed by atoms with E-state index in [2.05, 4.69) is 25.8 Å². The third kappa shape index (κ3) is 3.40. The van der Waals surface area contributed by atoms with Crippen LogP contribution in [0.25, 0.3) is 0 Å². The maximum absolute atomic E-state index is 12.3. The molecule has 2 heterocycles. The number of nitrogens with one attached hydrogen (secondary N) is 3. The summed E-state index contributed by atoms with van der Waals surface area (Å²) in [6.07, 6.45) is 0.931. The van der Waals surface area contributed by atoms with Gasteiger partial charge in [0.1, 0.15) is 4.88 Å². The second kappa shape index (κ2) is 6.99. The maximum atomic E-state index is 12.3. The predicted molar refractivity (Wildman–Crippen MR) is 87.3 cm³/mol. The molecule has 1 aliphatic heterocycles. The van der Waals surface area contributed by atoms with Gasteiger partial charge in [-0.25, -0.2) is 10.9 Å². The molecule has 1 amide bonds. The minimum atomic E-state index is -0.422. The van der Waals surface area contributed by atoms with Crippen molar-refractivity contribution in [1.82, 2.24) is 25.8 Å². The first-order valence-electron chi connectivity index (χ1n) is 7.46. The van der Waals surface area contributed by atoms with E-state index in [4.69, 9.17) is 0 Å². The Morgan fingerprint density at radius 1 is 1.50 bits per heavy atom. The maximum Gasteiger partial charge on any atom is 0.269 e. The number of nitrogens with zero attached hydrogens (tertiary/aromatic N) is 3. The molecule has 2 atom stereocenters. The van der Waals surface area contributed by atoms with Crippen LogP contribution in [-0.2, 0) is 6.42 Å². The number of hydrogen-bond acceptors (Lipinski definition) is 8. The summed E-state index contributed by atoms with van der Waals surface area (Å²) in [6, 6.07) is 6.33. The van der Waals surface area contributed by atoms with Crippen LogP contribution in [0.15, 0.2) is 24.3 Å². The number of hydrogen-bond donors (Lipinski definition) is 3. The Kier molecular flexibility index (Phi) is 4.79. The summed E-state index contributed by atoms with van der Waals surface area (Å²) in [5.74, 6) is -0.221. The predicted octanol–water partition coefficient (Wildman–Crippen LogP) is 1.30. The Labute approximate surface area is 141 Å². The van der Waals surface area contributed by atoms with Crippen molar-refractivity contribution in [2.45, 2.75) is 32.0 Å². The van der Waals surface area contributed by atoms with E-state index in [-0.39, 0.29) is 23.8 Å². The molecular weight excluding hydrogens is 332 g/mol. The molecular formula is C14H16N6O3S. The molecule has 2 unspecified atom stereocenters. The first-order chi connectivity index (χ1) is 11.6. The molecule has 24 heavy (non-hydrogen) atoms. The lowest BCUT2D eigenvalue weighted by atomic mass is 10.0. The lowest BCUT2D eigenvalue weighted by Gasteiger charge is -2.11. The number of carbonyl (C=O) groups excluding carboxylic acids is 1. The highest BCUT2D eigenvalue weighted by atomic mass is 32.1. The number of benzene rings is 1. The van der Waals surface area contributed by atoms with E-state index in [1.165, 1.54) is 12.1 Å². The number of aromatic nitrogens is 2. The molecule has 1 aliphatic rings. The highest BCUT2D eigenvalue weighted by molar-refractivity contribution is 7.08. The summed E-state index contributed by atoms with van der Waals surface area (Å²) in [5, 5.41) is 17.7. The largest absolute Gasteiger partial charge is 0.335 e. The van der Waals surface area contributed by atoms with Crippen LogP contribution < -0.4 is 16.2 Å². The van der Waals surface area contributed by atoms with Crippen molar-refractivity contribution >= 4 is 23.1 Å². The monoisotopic (exact) mass is 348 g/mol. The molecule has 2 aromatic rings. The SMILES string of the molecule is CCc1nnsc1C(=O)NC1CC(c2cccc([N+](=O)[O-])c2)NN1. The van der Waals surface area contributed by atoms with Crippen molar-refractivity contribution in [2.75, 3.05) is 0 Å². The summed E-state index contributed by atoms with van der Waals surface area (Å²) >= 11 is 1.07. The average Bonchev–Trinajstić information content (AvgIpc) is 3.23. The third-order valence-corrected chi connectivity index (χ3v) is 4.56. The molecule has 126 valence electrons. The lowest BCUT2D eigenvalue weighted by Crippen LogP contribution is -2.44. The Balaban J connectivity index is 1.64. The Bertz CT molecular complexity index is 764. The van der Waals surface area contributed by atoms with Gasteiger partial charge in [0.25, 0.3) is 11.6 Å². The molecule has 0 saturated carbocycles. The van der Waals surface area contributed by atoms with Crippen LogP contribution in [-0.4, -0.2) is 26.6 Å². The molecule has 1 saturated heterocycles. The number of carbonyl (C=O) groups is 1. The number of rotatable bonds is 5. The molecule has 10 heteroatoms. The van der Waals surface area contributed by atoms with Crippen LogP contribution in [0.1, 0.15) is 40.3 Å². The van der Waals surface area contributed by atoms with Gasteiger partial charge in [-0.05, 0) is 23.5 Å². The van der Waals surface area contributed by atoms with Gasteiger partial charge in [0.2, 0.25) is 0 Å². The number of amides is 1. The van der Waals surface area contributed by atoms with Gasteiger partial charge in [0.15, 0.2) is 0 Å². The van der Waals surface area contributed by atoms with E-state index in [0.717, 1.165) is 17.1 Å². The number of hydrazine groups is 1. The molecule has 3 rings (SSSR count). The van der Waals surface area contributed by atoms with Gasteiger partial charge < -0.3 is 5.32 Å². The molecule has 1 aromatic carbocycles. The Morgan fingerprint density at radius 2 is 2.33 bits per heavy atom. The molecule has 0 radical (unpaired) electrons. The van der Waals surface area contributed by atoms with Crippen LogP contribution in [0.4, 0.5) is 5.69 Å². The number of nitro benzene ring substituents is 1. The van der Waals surface area contributed by atoms with Crippen LogP contribution in [0, 0.1) is 10.1 Å². The fraction of sp³-hybridized carbons (Fsp3) is 0.357. The van der Waals surface area contributed by atoms with Gasteiger partial charge in [-0.15, -0.1) is 5.10 Å². The molecule has 0 bridgehead atoms. The molecule has 3 N–H and O–H groups in total. The number of nitro groups is 1. The average molecular weight is 348 g/mol. The van der Waals surface area contributed by atoms with E-state index in [1.807, 2.05) is 13.0 Å². The van der Waals surface area contributed by atoms with Crippen molar-refractivity contribution in [2.24, 2.45) is 0 Å². The molecule has 0 aliphatic carbocycles. The van der Waals surface area contributed by atoms with Crippen LogP contribution in [0.3, 0.4) is 0 Å². The van der Waals surface area contributed by atoms with E-state index in [0.29, 0.717) is 23.4 Å². The highest BCUT2D eigenvalue weighted by Crippen LogP contribution is 2.25. The highest BCUT2D eigenvalue weighted by Gasteiger charge is 2.28. The summed E-state index contributed by atoms with van der Waals surface area (Å²) in [6.45, 7) is 1.92. The van der Waals surface area contributed by atoms with Gasteiger partial charge in [-0.2, -0.15) is 0 Å². The summed E-state index contributed by atoms with van der Waals surface area (Å²) < 4.78 is 3.81. The normalized spacial score (nSPS) is 20.0. The summed E-state index contributed by atoms with van der Waals surface area (Å²) in [7, 11) is 0. The van der Waals surface area contributed by atoms with Gasteiger partial charge in [-0.3, -0.25) is 14.9 Å². The van der Waals surface area contributed by atoms with Gasteiger partial charge in [-0.1, -0.05) is 23.5 Å². The molecule has 0 spiro atoms. The standard InChI is InChI=1S/C14H16N6O3S/c1-2-10-13(24-19-17-10)14(21)15-12-7-11(16-18-12)8-4-3-5-9(6-8)20(22)23/h3-6,11-12,16,18H,2,7H2,1H3,(H,15,21). The zero-order valence-corrected chi connectivity index (χ0v) is 13.7. The lowest BCUT2D eigenvalue weighted by molar-refractivity contribution is -0.384. The second-order valence-corrected chi connectivity index (χ2v) is 6.11. The minimum Gasteiger partial charge on any atom is -0.335 e. The number of aryl methyl sites for hydroxylation is 1. The van der Waals surface area contributed by atoms with Crippen molar-refractivity contribution in [3.05, 3.63) is 50.5 Å². The summed E-state index contributed by atoms with van der Waals surface area (Å²) in [4.78, 5) is 23.3. The van der Waals surface area contributed by atoms with Crippen LogP contribution in [0.5, 0.6) is 0 Å². The van der Waals surface area contributed by atoms with Crippen molar-refractivity contribution < 1.29 is 9.72 Å². The second-order valence-electron chi connectivity index (χ2n) is 5.36. The zero-order valence-electron chi connectivity index (χ0n) is 12.9. The van der Waals surface area contributed by atoms with Crippen LogP contribution in [0.2, 0.25) is 0 Å². The molecule has 9 nitrogen and oxygen atoms in total. The summed E-state index contributed by atoms with van der Waals surface area (Å²) in [5.41, 5.74) is 7.57. The third-order valence-electron chi connectivity index (χ3n) is 3.79. The van der Waals surface area contributed by atoms with Gasteiger partial charge in [0, 0.05) is 24.6 Å². The smallest absolute Gasteiger partial charge is 0.269 e.